The second-order valence-electron chi connectivity index (χ2n) is 7.62. The zero-order valence-corrected chi connectivity index (χ0v) is 19.7. The van der Waals surface area contributed by atoms with Crippen LogP contribution in [0.5, 0.6) is 0 Å². The minimum Gasteiger partial charge on any atom is -0.352 e. The van der Waals surface area contributed by atoms with E-state index in [1.807, 2.05) is 63.2 Å². The Hall–Kier alpha value is -1.98. The van der Waals surface area contributed by atoms with Crippen LogP contribution in [0.2, 0.25) is 5.02 Å². The second kappa shape index (κ2) is 12.0. The maximum Gasteiger partial charge on any atom is 0.242 e. The summed E-state index contributed by atoms with van der Waals surface area (Å²) in [6, 6.07) is 15.2. The van der Waals surface area contributed by atoms with E-state index in [2.05, 4.69) is 11.4 Å². The molecule has 0 bridgehead atoms. The van der Waals surface area contributed by atoms with Gasteiger partial charge in [0.2, 0.25) is 11.8 Å². The van der Waals surface area contributed by atoms with Crippen molar-refractivity contribution in [3.8, 4) is 0 Å². The first-order valence-corrected chi connectivity index (χ1v) is 11.8. The molecule has 0 radical (unpaired) electrons. The fraction of sp³-hybridized carbons (Fsp3) is 0.417. The molecule has 6 heteroatoms. The fourth-order valence-corrected chi connectivity index (χ4v) is 3.97. The first-order chi connectivity index (χ1) is 14.3. The Kier molecular flexibility index (Phi) is 9.73. The lowest BCUT2D eigenvalue weighted by Crippen LogP contribution is -2.50. The van der Waals surface area contributed by atoms with E-state index in [1.165, 1.54) is 0 Å². The molecule has 0 spiro atoms. The van der Waals surface area contributed by atoms with Gasteiger partial charge in [0, 0.05) is 23.4 Å². The van der Waals surface area contributed by atoms with E-state index in [4.69, 9.17) is 11.6 Å². The van der Waals surface area contributed by atoms with Gasteiger partial charge in [-0.15, -0.1) is 11.8 Å². The number of thioether (sulfide) groups is 1. The maximum atomic E-state index is 13.1. The monoisotopic (exact) mass is 446 g/mol. The second-order valence-corrected chi connectivity index (χ2v) is 9.05. The van der Waals surface area contributed by atoms with E-state index < -0.39 is 6.04 Å². The quantitative estimate of drug-likeness (QED) is 0.544. The molecule has 0 saturated carbocycles. The number of hydrogen-bond acceptors (Lipinski definition) is 3. The predicted molar refractivity (Wildman–Crippen MR) is 127 cm³/mol. The Bertz CT molecular complexity index is 841. The van der Waals surface area contributed by atoms with Crippen LogP contribution >= 0.6 is 23.4 Å². The van der Waals surface area contributed by atoms with Crippen LogP contribution in [-0.2, 0) is 21.9 Å². The molecule has 2 aromatic carbocycles. The summed E-state index contributed by atoms with van der Waals surface area (Å²) in [5.74, 6) is 0.875. The van der Waals surface area contributed by atoms with Crippen LogP contribution in [0, 0.1) is 6.92 Å². The van der Waals surface area contributed by atoms with E-state index in [9.17, 15) is 9.59 Å². The average Bonchev–Trinajstić information content (AvgIpc) is 2.72. The molecule has 0 fully saturated rings. The number of nitrogens with zero attached hydrogens (tertiary/aromatic N) is 1. The number of amides is 2. The Labute approximate surface area is 189 Å². The minimum atomic E-state index is -0.539. The third kappa shape index (κ3) is 7.69. The highest BCUT2D eigenvalue weighted by Crippen LogP contribution is 2.18. The molecule has 0 aromatic heterocycles. The zero-order valence-electron chi connectivity index (χ0n) is 18.2. The Morgan fingerprint density at radius 2 is 1.80 bits per heavy atom. The van der Waals surface area contributed by atoms with Crippen molar-refractivity contribution in [1.82, 2.24) is 10.2 Å². The Morgan fingerprint density at radius 3 is 2.43 bits per heavy atom. The van der Waals surface area contributed by atoms with Crippen molar-refractivity contribution in [3.05, 3.63) is 70.2 Å². The molecule has 2 atom stereocenters. The SMILES string of the molecule is CC[C@H](C)NC(=O)[C@H](C)N(Cc1cccc(C)c1)C(=O)CSCc1ccc(Cl)cc1. The fourth-order valence-electron chi connectivity index (χ4n) is 2.98. The van der Waals surface area contributed by atoms with Gasteiger partial charge >= 0.3 is 0 Å². The van der Waals surface area contributed by atoms with E-state index in [0.717, 1.165) is 23.1 Å². The van der Waals surface area contributed by atoms with Crippen molar-refractivity contribution in [2.45, 2.75) is 58.5 Å². The standard InChI is InChI=1S/C24H31ClN2O2S/c1-5-18(3)26-24(29)19(4)27(14-21-8-6-7-17(2)13-21)23(28)16-30-15-20-9-11-22(25)12-10-20/h6-13,18-19H,5,14-16H2,1-4H3,(H,26,29)/t18-,19-/m0/s1. The first kappa shape index (κ1) is 24.3. The van der Waals surface area contributed by atoms with Crippen molar-refractivity contribution in [1.29, 1.82) is 0 Å². The molecule has 0 saturated heterocycles. The first-order valence-electron chi connectivity index (χ1n) is 10.3. The average molecular weight is 447 g/mol. The van der Waals surface area contributed by atoms with Crippen LogP contribution in [0.3, 0.4) is 0 Å². The van der Waals surface area contributed by atoms with Gasteiger partial charge in [0.05, 0.1) is 5.75 Å². The molecule has 2 amide bonds. The lowest BCUT2D eigenvalue weighted by Gasteiger charge is -2.29. The number of halogens is 1. The molecule has 0 unspecified atom stereocenters. The summed E-state index contributed by atoms with van der Waals surface area (Å²) in [4.78, 5) is 27.5. The van der Waals surface area contributed by atoms with Crippen LogP contribution in [-0.4, -0.2) is 34.6 Å². The molecule has 4 nitrogen and oxygen atoms in total. The van der Waals surface area contributed by atoms with Gasteiger partial charge in [0.15, 0.2) is 0 Å². The van der Waals surface area contributed by atoms with Crippen molar-refractivity contribution in [3.63, 3.8) is 0 Å². The topological polar surface area (TPSA) is 49.4 Å². The van der Waals surface area contributed by atoms with Crippen LogP contribution in [0.25, 0.3) is 0 Å². The lowest BCUT2D eigenvalue weighted by atomic mass is 10.1. The largest absolute Gasteiger partial charge is 0.352 e. The van der Waals surface area contributed by atoms with E-state index in [-0.39, 0.29) is 17.9 Å². The van der Waals surface area contributed by atoms with Crippen molar-refractivity contribution < 1.29 is 9.59 Å². The number of carbonyl (C=O) groups excluding carboxylic acids is 2. The Morgan fingerprint density at radius 1 is 1.10 bits per heavy atom. The molecule has 30 heavy (non-hydrogen) atoms. The summed E-state index contributed by atoms with van der Waals surface area (Å²) < 4.78 is 0. The number of aryl methyl sites for hydroxylation is 1. The van der Waals surface area contributed by atoms with Crippen molar-refractivity contribution >= 4 is 35.2 Å². The molecule has 2 rings (SSSR count). The van der Waals surface area contributed by atoms with Crippen molar-refractivity contribution in [2.24, 2.45) is 0 Å². The van der Waals surface area contributed by atoms with Gasteiger partial charge in [0.25, 0.3) is 0 Å². The molecular formula is C24H31ClN2O2S. The molecule has 0 aliphatic carbocycles. The summed E-state index contributed by atoms with van der Waals surface area (Å²) in [7, 11) is 0. The number of nitrogens with one attached hydrogen (secondary N) is 1. The molecule has 0 aliphatic heterocycles. The number of hydrogen-bond donors (Lipinski definition) is 1. The number of carbonyl (C=O) groups is 2. The molecule has 2 aromatic rings. The summed E-state index contributed by atoms with van der Waals surface area (Å²) in [5, 5.41) is 3.70. The van der Waals surface area contributed by atoms with E-state index in [1.54, 1.807) is 23.6 Å². The summed E-state index contributed by atoms with van der Waals surface area (Å²) in [6.07, 6.45) is 0.848. The molecule has 1 N–H and O–H groups in total. The highest BCUT2D eigenvalue weighted by atomic mass is 35.5. The summed E-state index contributed by atoms with van der Waals surface area (Å²) in [5.41, 5.74) is 3.27. The summed E-state index contributed by atoms with van der Waals surface area (Å²) >= 11 is 7.48. The lowest BCUT2D eigenvalue weighted by molar-refractivity contribution is -0.138. The predicted octanol–water partition coefficient (Wildman–Crippen LogP) is 5.21. The van der Waals surface area contributed by atoms with E-state index in [0.29, 0.717) is 23.1 Å². The molecule has 162 valence electrons. The normalized spacial score (nSPS) is 12.8. The van der Waals surface area contributed by atoms with Gasteiger partial charge < -0.3 is 10.2 Å². The van der Waals surface area contributed by atoms with Crippen molar-refractivity contribution in [2.75, 3.05) is 5.75 Å². The van der Waals surface area contributed by atoms with Gasteiger partial charge in [-0.25, -0.2) is 0 Å². The van der Waals surface area contributed by atoms with Gasteiger partial charge in [-0.05, 0) is 50.5 Å². The van der Waals surface area contributed by atoms with Gasteiger partial charge in [-0.3, -0.25) is 9.59 Å². The molecular weight excluding hydrogens is 416 g/mol. The maximum absolute atomic E-state index is 13.1. The van der Waals surface area contributed by atoms with Crippen LogP contribution in [0.1, 0.15) is 43.9 Å². The highest BCUT2D eigenvalue weighted by molar-refractivity contribution is 7.99. The third-order valence-electron chi connectivity index (χ3n) is 5.01. The van der Waals surface area contributed by atoms with Gasteiger partial charge in [0.1, 0.15) is 6.04 Å². The van der Waals surface area contributed by atoms with Gasteiger partial charge in [-0.2, -0.15) is 0 Å². The number of rotatable bonds is 10. The van der Waals surface area contributed by atoms with E-state index >= 15 is 0 Å². The Balaban J connectivity index is 2.07. The van der Waals surface area contributed by atoms with Crippen LogP contribution in [0.4, 0.5) is 0 Å². The highest BCUT2D eigenvalue weighted by Gasteiger charge is 2.26. The smallest absolute Gasteiger partial charge is 0.242 e. The zero-order chi connectivity index (χ0) is 22.1. The summed E-state index contributed by atoms with van der Waals surface area (Å²) in [6.45, 7) is 8.24. The third-order valence-corrected chi connectivity index (χ3v) is 6.25. The van der Waals surface area contributed by atoms with Gasteiger partial charge in [-0.1, -0.05) is 60.5 Å². The molecule has 0 heterocycles. The molecule has 0 aliphatic rings. The minimum absolute atomic E-state index is 0.0396. The van der Waals surface area contributed by atoms with Crippen LogP contribution < -0.4 is 5.32 Å². The number of benzene rings is 2. The van der Waals surface area contributed by atoms with Crippen LogP contribution in [0.15, 0.2) is 48.5 Å².